The monoisotopic (exact) mass is 436 g/mol. The van der Waals surface area contributed by atoms with Crippen LogP contribution < -0.4 is 0 Å². The van der Waals surface area contributed by atoms with Crippen LogP contribution in [0.25, 0.3) is 22.1 Å². The van der Waals surface area contributed by atoms with E-state index in [-0.39, 0.29) is 5.78 Å². The van der Waals surface area contributed by atoms with Gasteiger partial charge in [-0.05, 0) is 36.6 Å². The Hall–Kier alpha value is -3.35. The zero-order valence-corrected chi connectivity index (χ0v) is 18.9. The third kappa shape index (κ3) is 4.77. The fourth-order valence-corrected chi connectivity index (χ4v) is 3.75. The van der Waals surface area contributed by atoms with Crippen LogP contribution in [0.1, 0.15) is 60.2 Å². The van der Waals surface area contributed by atoms with Crippen molar-refractivity contribution in [2.45, 2.75) is 39.5 Å². The van der Waals surface area contributed by atoms with Crippen molar-refractivity contribution in [2.75, 3.05) is 14.2 Å². The maximum absolute atomic E-state index is 13.4. The summed E-state index contributed by atoms with van der Waals surface area (Å²) in [6.07, 6.45) is 3.16. The van der Waals surface area contributed by atoms with Gasteiger partial charge in [-0.2, -0.15) is 0 Å². The van der Waals surface area contributed by atoms with E-state index in [1.165, 1.54) is 14.2 Å². The van der Waals surface area contributed by atoms with E-state index < -0.39 is 17.9 Å². The second-order valence-corrected chi connectivity index (χ2v) is 7.95. The minimum atomic E-state index is -0.895. The average molecular weight is 437 g/mol. The number of Topliss-reactive ketones (excluding diaryl/α,β-unsaturated/α-hetero) is 1. The molecule has 32 heavy (non-hydrogen) atoms. The third-order valence-corrected chi connectivity index (χ3v) is 5.85. The van der Waals surface area contributed by atoms with Gasteiger partial charge in [0.25, 0.3) is 0 Å². The SMILES string of the molecule is CCC(C)CCCC(C(=O)OC)C(=O)c1cccc2nc3c(C(=O)OC)cccc3nc12. The highest BCUT2D eigenvalue weighted by molar-refractivity contribution is 6.15. The molecule has 7 heteroatoms. The highest BCUT2D eigenvalue weighted by atomic mass is 16.5. The van der Waals surface area contributed by atoms with E-state index in [1.54, 1.807) is 36.4 Å². The van der Waals surface area contributed by atoms with Gasteiger partial charge < -0.3 is 9.47 Å². The Morgan fingerprint density at radius 2 is 1.47 bits per heavy atom. The second kappa shape index (κ2) is 10.3. The molecule has 0 aliphatic heterocycles. The molecule has 1 aromatic heterocycles. The van der Waals surface area contributed by atoms with Crippen molar-refractivity contribution in [3.05, 3.63) is 47.5 Å². The molecule has 0 saturated carbocycles. The largest absolute Gasteiger partial charge is 0.468 e. The summed E-state index contributed by atoms with van der Waals surface area (Å²) in [5, 5.41) is 0. The molecule has 1 heterocycles. The number of benzene rings is 2. The Bertz CT molecular complexity index is 1160. The molecule has 2 atom stereocenters. The van der Waals surface area contributed by atoms with E-state index in [1.807, 2.05) is 0 Å². The zero-order valence-electron chi connectivity index (χ0n) is 18.9. The van der Waals surface area contributed by atoms with Crippen LogP contribution >= 0.6 is 0 Å². The van der Waals surface area contributed by atoms with Gasteiger partial charge in [0, 0.05) is 5.56 Å². The molecule has 0 fully saturated rings. The molecule has 168 valence electrons. The molecule has 3 rings (SSSR count). The van der Waals surface area contributed by atoms with Crippen LogP contribution in [0.2, 0.25) is 0 Å². The lowest BCUT2D eigenvalue weighted by Crippen LogP contribution is -2.26. The number of ether oxygens (including phenoxy) is 2. The van der Waals surface area contributed by atoms with Crippen LogP contribution in [0, 0.1) is 11.8 Å². The van der Waals surface area contributed by atoms with Gasteiger partial charge in [0.1, 0.15) is 17.0 Å². The summed E-state index contributed by atoms with van der Waals surface area (Å²) >= 11 is 0. The number of ketones is 1. The van der Waals surface area contributed by atoms with E-state index in [9.17, 15) is 14.4 Å². The van der Waals surface area contributed by atoms with Crippen LogP contribution in [0.3, 0.4) is 0 Å². The number of hydrogen-bond acceptors (Lipinski definition) is 7. The molecule has 2 aromatic carbocycles. The summed E-state index contributed by atoms with van der Waals surface area (Å²) in [6, 6.07) is 10.1. The number of aromatic nitrogens is 2. The number of para-hydroxylation sites is 2. The van der Waals surface area contributed by atoms with Crippen LogP contribution in [-0.4, -0.2) is 41.9 Å². The minimum absolute atomic E-state index is 0.300. The first-order valence-corrected chi connectivity index (χ1v) is 10.8. The second-order valence-electron chi connectivity index (χ2n) is 7.95. The van der Waals surface area contributed by atoms with Crippen LogP contribution in [0.5, 0.6) is 0 Å². The molecule has 0 bridgehead atoms. The van der Waals surface area contributed by atoms with Gasteiger partial charge in [0.2, 0.25) is 0 Å². The highest BCUT2D eigenvalue weighted by Crippen LogP contribution is 2.26. The third-order valence-electron chi connectivity index (χ3n) is 5.85. The summed E-state index contributed by atoms with van der Waals surface area (Å²) in [5.74, 6) is -1.75. The lowest BCUT2D eigenvalue weighted by atomic mass is 9.90. The fraction of sp³-hybridized carbons (Fsp3) is 0.400. The molecule has 0 N–H and O–H groups in total. The Kier molecular flexibility index (Phi) is 7.51. The van der Waals surface area contributed by atoms with Gasteiger partial charge >= 0.3 is 11.9 Å². The van der Waals surface area contributed by atoms with Gasteiger partial charge in [-0.1, -0.05) is 45.2 Å². The van der Waals surface area contributed by atoms with Crippen molar-refractivity contribution in [1.82, 2.24) is 9.97 Å². The van der Waals surface area contributed by atoms with Gasteiger partial charge in [-0.25, -0.2) is 14.8 Å². The molecule has 0 spiro atoms. The zero-order chi connectivity index (χ0) is 23.3. The van der Waals surface area contributed by atoms with Gasteiger partial charge in [-0.15, -0.1) is 0 Å². The molecular formula is C25H28N2O5. The van der Waals surface area contributed by atoms with E-state index >= 15 is 0 Å². The molecule has 0 saturated heterocycles. The average Bonchev–Trinajstić information content (AvgIpc) is 2.83. The molecule has 0 aliphatic rings. The van der Waals surface area contributed by atoms with Crippen molar-refractivity contribution in [2.24, 2.45) is 11.8 Å². The van der Waals surface area contributed by atoms with Gasteiger partial charge in [0.15, 0.2) is 5.78 Å². The molecule has 7 nitrogen and oxygen atoms in total. The molecule has 0 aliphatic carbocycles. The Balaban J connectivity index is 2.04. The lowest BCUT2D eigenvalue weighted by molar-refractivity contribution is -0.143. The summed E-state index contributed by atoms with van der Waals surface area (Å²) in [4.78, 5) is 47.2. The lowest BCUT2D eigenvalue weighted by Gasteiger charge is -2.16. The standard InChI is InChI=1S/C25H28N2O5/c1-5-15(2)9-6-12-18(25(30)32-4)23(28)16-10-7-13-19-21(16)26-20-14-8-11-17(22(20)27-19)24(29)31-3/h7-8,10-11,13-15,18H,5-6,9,12H2,1-4H3. The van der Waals surface area contributed by atoms with E-state index in [2.05, 4.69) is 23.8 Å². The molecule has 0 amide bonds. The normalized spacial score (nSPS) is 13.0. The van der Waals surface area contributed by atoms with Crippen LogP contribution in [-0.2, 0) is 14.3 Å². The van der Waals surface area contributed by atoms with E-state index in [0.717, 1.165) is 19.3 Å². The van der Waals surface area contributed by atoms with Crippen molar-refractivity contribution >= 4 is 39.8 Å². The van der Waals surface area contributed by atoms with E-state index in [0.29, 0.717) is 45.5 Å². The summed E-state index contributed by atoms with van der Waals surface area (Å²) in [5.41, 5.74) is 2.33. The maximum Gasteiger partial charge on any atom is 0.340 e. The first-order valence-electron chi connectivity index (χ1n) is 10.8. The van der Waals surface area contributed by atoms with Gasteiger partial charge in [-0.3, -0.25) is 9.59 Å². The predicted molar refractivity (Wildman–Crippen MR) is 122 cm³/mol. The molecule has 3 aromatic rings. The van der Waals surface area contributed by atoms with Crippen molar-refractivity contribution in [3.63, 3.8) is 0 Å². The number of esters is 2. The predicted octanol–water partition coefficient (Wildman–Crippen LogP) is 4.76. The molecule has 2 unspecified atom stereocenters. The van der Waals surface area contributed by atoms with Crippen molar-refractivity contribution < 1.29 is 23.9 Å². The summed E-state index contributed by atoms with van der Waals surface area (Å²) < 4.78 is 9.77. The molecule has 0 radical (unpaired) electrons. The fourth-order valence-electron chi connectivity index (χ4n) is 3.75. The number of nitrogens with zero attached hydrogens (tertiary/aromatic N) is 2. The van der Waals surface area contributed by atoms with Crippen LogP contribution in [0.4, 0.5) is 0 Å². The van der Waals surface area contributed by atoms with Crippen molar-refractivity contribution in [1.29, 1.82) is 0 Å². The van der Waals surface area contributed by atoms with Gasteiger partial charge in [0.05, 0.1) is 30.8 Å². The number of methoxy groups -OCH3 is 2. The smallest absolute Gasteiger partial charge is 0.340 e. The first-order chi connectivity index (χ1) is 15.4. The number of carbonyl (C=O) groups excluding carboxylic acids is 3. The number of carbonyl (C=O) groups is 3. The summed E-state index contributed by atoms with van der Waals surface area (Å²) in [6.45, 7) is 4.28. The topological polar surface area (TPSA) is 95.5 Å². The summed E-state index contributed by atoms with van der Waals surface area (Å²) in [7, 11) is 2.60. The van der Waals surface area contributed by atoms with Crippen LogP contribution in [0.15, 0.2) is 36.4 Å². The Morgan fingerprint density at radius 1 is 0.875 bits per heavy atom. The Morgan fingerprint density at radius 3 is 2.03 bits per heavy atom. The molecular weight excluding hydrogens is 408 g/mol. The first kappa shape index (κ1) is 23.3. The number of fused-ring (bicyclic) bond motifs is 2. The quantitative estimate of drug-likeness (QED) is 0.207. The van der Waals surface area contributed by atoms with E-state index in [4.69, 9.17) is 9.47 Å². The van der Waals surface area contributed by atoms with Crippen molar-refractivity contribution in [3.8, 4) is 0 Å². The number of hydrogen-bond donors (Lipinski definition) is 0. The highest BCUT2D eigenvalue weighted by Gasteiger charge is 2.30. The Labute approximate surface area is 187 Å². The minimum Gasteiger partial charge on any atom is -0.468 e. The number of rotatable bonds is 9. The maximum atomic E-state index is 13.4.